The van der Waals surface area contributed by atoms with Gasteiger partial charge in [-0.15, -0.1) is 0 Å². The molecular formula is C25H26FN3O4S. The number of amides is 1. The summed E-state index contributed by atoms with van der Waals surface area (Å²) in [6, 6.07) is 13.2. The normalized spacial score (nSPS) is 17.2. The van der Waals surface area contributed by atoms with Crippen molar-refractivity contribution in [3.63, 3.8) is 0 Å². The number of sulfonamides is 1. The number of halogens is 1. The van der Waals surface area contributed by atoms with Crippen LogP contribution in [-0.2, 0) is 14.8 Å². The zero-order valence-electron chi connectivity index (χ0n) is 19.0. The molecule has 1 aliphatic heterocycles. The maximum atomic E-state index is 13.5. The summed E-state index contributed by atoms with van der Waals surface area (Å²) in [5, 5.41) is 6.62. The minimum Gasteiger partial charge on any atom is -0.355 e. The largest absolute Gasteiger partial charge is 0.355 e. The third kappa shape index (κ3) is 5.26. The molecule has 1 aliphatic rings. The summed E-state index contributed by atoms with van der Waals surface area (Å²) in [5.41, 5.74) is 2.75. The molecule has 1 amide bonds. The van der Waals surface area contributed by atoms with Gasteiger partial charge in [0.1, 0.15) is 11.5 Å². The quantitative estimate of drug-likeness (QED) is 0.551. The van der Waals surface area contributed by atoms with Crippen molar-refractivity contribution >= 4 is 33.8 Å². The number of benzene rings is 2. The van der Waals surface area contributed by atoms with Gasteiger partial charge in [-0.3, -0.25) is 4.79 Å². The minimum atomic E-state index is -3.94. The topological polar surface area (TPSA) is 92.5 Å². The molecule has 1 saturated heterocycles. The van der Waals surface area contributed by atoms with Gasteiger partial charge in [-0.1, -0.05) is 41.1 Å². The van der Waals surface area contributed by atoms with Gasteiger partial charge in [-0.25, -0.2) is 12.8 Å². The fourth-order valence-corrected chi connectivity index (χ4v) is 5.70. The zero-order chi connectivity index (χ0) is 24.3. The molecule has 2 heterocycles. The summed E-state index contributed by atoms with van der Waals surface area (Å²) in [4.78, 5) is 12.8. The Hall–Kier alpha value is -3.30. The van der Waals surface area contributed by atoms with E-state index in [2.05, 4.69) is 10.5 Å². The molecule has 0 spiro atoms. The molecule has 3 aromatic rings. The molecule has 0 unspecified atom stereocenters. The van der Waals surface area contributed by atoms with Crippen LogP contribution in [0.5, 0.6) is 0 Å². The van der Waals surface area contributed by atoms with E-state index in [-0.39, 0.29) is 28.8 Å². The Balaban J connectivity index is 1.52. The van der Waals surface area contributed by atoms with Gasteiger partial charge in [-0.05, 0) is 62.6 Å². The second kappa shape index (κ2) is 9.90. The van der Waals surface area contributed by atoms with Gasteiger partial charge in [-0.2, -0.15) is 4.31 Å². The summed E-state index contributed by atoms with van der Waals surface area (Å²) < 4.78 is 46.8. The molecular weight excluding hydrogens is 457 g/mol. The van der Waals surface area contributed by atoms with Gasteiger partial charge in [0.25, 0.3) is 0 Å². The lowest BCUT2D eigenvalue weighted by molar-refractivity contribution is -0.120. The first-order chi connectivity index (χ1) is 16.2. The molecule has 1 fully saturated rings. The van der Waals surface area contributed by atoms with Gasteiger partial charge in [0.2, 0.25) is 15.9 Å². The van der Waals surface area contributed by atoms with Crippen LogP contribution in [0.25, 0.3) is 12.2 Å². The molecule has 1 N–H and O–H groups in total. The van der Waals surface area contributed by atoms with Crippen LogP contribution in [0.3, 0.4) is 0 Å². The molecule has 7 nitrogen and oxygen atoms in total. The van der Waals surface area contributed by atoms with E-state index in [1.54, 1.807) is 19.1 Å². The monoisotopic (exact) mass is 483 g/mol. The number of carbonyl (C=O) groups excluding carboxylic acids is 1. The minimum absolute atomic E-state index is 0.00968. The molecule has 0 bridgehead atoms. The number of anilines is 1. The highest BCUT2D eigenvalue weighted by atomic mass is 32.2. The van der Waals surface area contributed by atoms with E-state index < -0.39 is 21.8 Å². The molecule has 178 valence electrons. The number of aryl methyl sites for hydroxylation is 2. The Bertz CT molecular complexity index is 1300. The molecule has 34 heavy (non-hydrogen) atoms. The van der Waals surface area contributed by atoms with E-state index in [4.69, 9.17) is 4.52 Å². The number of piperidine rings is 1. The SMILES string of the molecule is Cc1ccc(/C=C/c2onc(C)c2S(=O)(=O)N2CCC[C@H](C(=O)Nc3ccc(F)cc3)C2)cc1. The van der Waals surface area contributed by atoms with Crippen molar-refractivity contribution in [3.8, 4) is 0 Å². The fraction of sp³-hybridized carbons (Fsp3) is 0.280. The molecule has 0 radical (unpaired) electrons. The number of rotatable bonds is 6. The molecule has 0 aliphatic carbocycles. The van der Waals surface area contributed by atoms with Crippen LogP contribution in [-0.4, -0.2) is 36.9 Å². The predicted octanol–water partition coefficient (Wildman–Crippen LogP) is 4.64. The summed E-state index contributed by atoms with van der Waals surface area (Å²) >= 11 is 0. The highest BCUT2D eigenvalue weighted by molar-refractivity contribution is 7.89. The van der Waals surface area contributed by atoms with Crippen molar-refractivity contribution in [2.45, 2.75) is 31.6 Å². The van der Waals surface area contributed by atoms with Crippen molar-refractivity contribution in [3.05, 3.63) is 76.9 Å². The lowest BCUT2D eigenvalue weighted by Gasteiger charge is -2.31. The van der Waals surface area contributed by atoms with E-state index >= 15 is 0 Å². The number of hydrogen-bond donors (Lipinski definition) is 1. The number of nitrogens with one attached hydrogen (secondary N) is 1. The first kappa shape index (κ1) is 23.8. The Morgan fingerprint density at radius 1 is 1.12 bits per heavy atom. The van der Waals surface area contributed by atoms with Crippen molar-refractivity contribution in [2.75, 3.05) is 18.4 Å². The Morgan fingerprint density at radius 2 is 1.82 bits per heavy atom. The smallest absolute Gasteiger partial charge is 0.248 e. The first-order valence-corrected chi connectivity index (χ1v) is 12.5. The second-order valence-electron chi connectivity index (χ2n) is 8.40. The molecule has 9 heteroatoms. The highest BCUT2D eigenvalue weighted by Gasteiger charge is 2.37. The molecule has 2 aromatic carbocycles. The van der Waals surface area contributed by atoms with E-state index in [9.17, 15) is 17.6 Å². The number of hydrogen-bond acceptors (Lipinski definition) is 5. The van der Waals surface area contributed by atoms with Gasteiger partial charge >= 0.3 is 0 Å². The second-order valence-corrected chi connectivity index (χ2v) is 10.3. The van der Waals surface area contributed by atoms with Gasteiger partial charge in [0, 0.05) is 18.8 Å². The Morgan fingerprint density at radius 3 is 2.53 bits per heavy atom. The van der Waals surface area contributed by atoms with Crippen LogP contribution < -0.4 is 5.32 Å². The number of nitrogens with zero attached hydrogens (tertiary/aromatic N) is 2. The zero-order valence-corrected chi connectivity index (χ0v) is 19.8. The van der Waals surface area contributed by atoms with Crippen LogP contribution in [0.1, 0.15) is 35.4 Å². The standard InChI is InChI=1S/C25H26FN3O4S/c1-17-5-7-19(8-6-17)9-14-23-24(18(2)28-33-23)34(31,32)29-15-3-4-20(16-29)25(30)27-22-12-10-21(26)11-13-22/h5-14,20H,3-4,15-16H2,1-2H3,(H,27,30)/b14-9+/t20-/m0/s1. The van der Waals surface area contributed by atoms with Crippen molar-refractivity contribution in [2.24, 2.45) is 5.92 Å². The average molecular weight is 484 g/mol. The van der Waals surface area contributed by atoms with Crippen LogP contribution in [0.4, 0.5) is 10.1 Å². The third-order valence-corrected chi connectivity index (χ3v) is 7.83. The third-order valence-electron chi connectivity index (χ3n) is 5.80. The van der Waals surface area contributed by atoms with Crippen LogP contribution >= 0.6 is 0 Å². The summed E-state index contributed by atoms with van der Waals surface area (Å²) in [6.07, 6.45) is 4.47. The Kier molecular flexibility index (Phi) is 6.95. The fourth-order valence-electron chi connectivity index (χ4n) is 3.93. The highest BCUT2D eigenvalue weighted by Crippen LogP contribution is 2.29. The lowest BCUT2D eigenvalue weighted by atomic mass is 9.99. The van der Waals surface area contributed by atoms with Crippen LogP contribution in [0, 0.1) is 25.6 Å². The number of aromatic nitrogens is 1. The predicted molar refractivity (Wildman–Crippen MR) is 128 cm³/mol. The Labute approximate surface area is 198 Å². The van der Waals surface area contributed by atoms with Crippen molar-refractivity contribution < 1.29 is 22.1 Å². The average Bonchev–Trinajstić information content (AvgIpc) is 3.21. The van der Waals surface area contributed by atoms with E-state index in [0.29, 0.717) is 25.1 Å². The molecule has 1 aromatic heterocycles. The van der Waals surface area contributed by atoms with Crippen molar-refractivity contribution in [1.29, 1.82) is 0 Å². The lowest BCUT2D eigenvalue weighted by Crippen LogP contribution is -2.43. The van der Waals surface area contributed by atoms with Crippen molar-refractivity contribution in [1.82, 2.24) is 9.46 Å². The summed E-state index contributed by atoms with van der Waals surface area (Å²) in [7, 11) is -3.94. The van der Waals surface area contributed by atoms with Gasteiger partial charge in [0.15, 0.2) is 10.7 Å². The summed E-state index contributed by atoms with van der Waals surface area (Å²) in [5.74, 6) is -1.08. The van der Waals surface area contributed by atoms with Gasteiger partial charge in [0.05, 0.1) is 5.92 Å². The summed E-state index contributed by atoms with van der Waals surface area (Å²) in [6.45, 7) is 3.92. The molecule has 0 saturated carbocycles. The van der Waals surface area contributed by atoms with E-state index in [1.165, 1.54) is 28.6 Å². The maximum absolute atomic E-state index is 13.5. The van der Waals surface area contributed by atoms with Crippen LogP contribution in [0.2, 0.25) is 0 Å². The number of carbonyl (C=O) groups is 1. The molecule has 4 rings (SSSR count). The van der Waals surface area contributed by atoms with Crippen LogP contribution in [0.15, 0.2) is 57.9 Å². The first-order valence-electron chi connectivity index (χ1n) is 11.0. The van der Waals surface area contributed by atoms with E-state index in [1.807, 2.05) is 31.2 Å². The van der Waals surface area contributed by atoms with E-state index in [0.717, 1.165) is 11.1 Å². The van der Waals surface area contributed by atoms with Gasteiger partial charge < -0.3 is 9.84 Å². The maximum Gasteiger partial charge on any atom is 0.248 e. The molecule has 1 atom stereocenters.